The van der Waals surface area contributed by atoms with E-state index >= 15 is 0 Å². The molecular weight excluding hydrogens is 466 g/mol. The third-order valence-corrected chi connectivity index (χ3v) is 6.50. The minimum absolute atomic E-state index is 0.207. The Kier molecular flexibility index (Phi) is 7.48. The lowest BCUT2D eigenvalue weighted by atomic mass is 10.1. The SMILES string of the molecule is CCOC(=O)Cn1c(C)c(CCCOc2cc(C)c(Cl)c(C)c2)c2cccc(Br)c21. The molecule has 0 saturated heterocycles. The summed E-state index contributed by atoms with van der Waals surface area (Å²) in [4.78, 5) is 12.1. The number of rotatable bonds is 8. The van der Waals surface area contributed by atoms with Gasteiger partial charge in [0.25, 0.3) is 0 Å². The van der Waals surface area contributed by atoms with Crippen molar-refractivity contribution in [1.82, 2.24) is 4.57 Å². The highest BCUT2D eigenvalue weighted by molar-refractivity contribution is 9.10. The van der Waals surface area contributed by atoms with Crippen LogP contribution in [0.1, 0.15) is 35.7 Å². The van der Waals surface area contributed by atoms with Gasteiger partial charge in [-0.05, 0) is 91.4 Å². The first kappa shape index (κ1) is 22.7. The van der Waals surface area contributed by atoms with Crippen molar-refractivity contribution in [3.8, 4) is 5.75 Å². The van der Waals surface area contributed by atoms with Gasteiger partial charge in [-0.2, -0.15) is 0 Å². The molecule has 2 aromatic carbocycles. The molecule has 0 atom stereocenters. The molecule has 0 unspecified atom stereocenters. The highest BCUT2D eigenvalue weighted by Crippen LogP contribution is 2.32. The number of carbonyl (C=O) groups is 1. The van der Waals surface area contributed by atoms with E-state index in [1.54, 1.807) is 0 Å². The fraction of sp³-hybridized carbons (Fsp3) is 0.375. The number of aryl methyl sites for hydroxylation is 3. The van der Waals surface area contributed by atoms with E-state index in [1.165, 1.54) is 5.56 Å². The summed E-state index contributed by atoms with van der Waals surface area (Å²) in [7, 11) is 0. The van der Waals surface area contributed by atoms with Crippen molar-refractivity contribution in [2.45, 2.75) is 47.1 Å². The Morgan fingerprint density at radius 2 is 1.87 bits per heavy atom. The zero-order valence-electron chi connectivity index (χ0n) is 17.9. The van der Waals surface area contributed by atoms with E-state index in [0.717, 1.165) is 55.8 Å². The molecule has 1 heterocycles. The van der Waals surface area contributed by atoms with Crippen LogP contribution in [0.25, 0.3) is 10.9 Å². The van der Waals surface area contributed by atoms with Gasteiger partial charge in [-0.25, -0.2) is 0 Å². The summed E-state index contributed by atoms with van der Waals surface area (Å²) >= 11 is 9.89. The van der Waals surface area contributed by atoms with Gasteiger partial charge in [0.15, 0.2) is 0 Å². The number of carbonyl (C=O) groups excluding carboxylic acids is 1. The Bertz CT molecular complexity index is 1050. The van der Waals surface area contributed by atoms with Crippen LogP contribution in [0, 0.1) is 20.8 Å². The van der Waals surface area contributed by atoms with Gasteiger partial charge in [0, 0.05) is 20.6 Å². The van der Waals surface area contributed by atoms with Crippen LogP contribution in [-0.2, 0) is 22.5 Å². The van der Waals surface area contributed by atoms with Gasteiger partial charge in [0.05, 0.1) is 18.7 Å². The summed E-state index contributed by atoms with van der Waals surface area (Å²) in [5.74, 6) is 0.621. The van der Waals surface area contributed by atoms with Crippen molar-refractivity contribution in [3.05, 3.63) is 62.2 Å². The van der Waals surface area contributed by atoms with Gasteiger partial charge < -0.3 is 14.0 Å². The zero-order valence-corrected chi connectivity index (χ0v) is 20.2. The van der Waals surface area contributed by atoms with Crippen LogP contribution in [0.5, 0.6) is 5.75 Å². The molecule has 0 aliphatic heterocycles. The minimum atomic E-state index is -0.225. The molecule has 0 saturated carbocycles. The first-order chi connectivity index (χ1) is 14.3. The fourth-order valence-electron chi connectivity index (χ4n) is 3.84. The van der Waals surface area contributed by atoms with Gasteiger partial charge in [-0.1, -0.05) is 23.7 Å². The Morgan fingerprint density at radius 1 is 1.17 bits per heavy atom. The number of para-hydroxylation sites is 1. The summed E-state index contributed by atoms with van der Waals surface area (Å²) in [6.07, 6.45) is 1.73. The Hall–Kier alpha value is -1.98. The molecule has 0 N–H and O–H groups in total. The molecule has 6 heteroatoms. The van der Waals surface area contributed by atoms with Crippen molar-refractivity contribution in [3.63, 3.8) is 0 Å². The second kappa shape index (κ2) is 9.88. The van der Waals surface area contributed by atoms with E-state index in [0.29, 0.717) is 13.2 Å². The quantitative estimate of drug-likeness (QED) is 0.264. The molecule has 0 aliphatic carbocycles. The second-order valence-corrected chi connectivity index (χ2v) is 8.65. The summed E-state index contributed by atoms with van der Waals surface area (Å²) in [6.45, 7) is 9.06. The van der Waals surface area contributed by atoms with E-state index in [-0.39, 0.29) is 12.5 Å². The van der Waals surface area contributed by atoms with E-state index in [2.05, 4.69) is 28.9 Å². The summed E-state index contributed by atoms with van der Waals surface area (Å²) in [5.41, 5.74) is 5.40. The van der Waals surface area contributed by atoms with E-state index < -0.39 is 0 Å². The standard InChI is InChI=1S/C24H27BrClNO3/c1-5-29-22(28)14-27-17(4)19(20-8-6-10-21(25)24(20)27)9-7-11-30-18-12-15(2)23(26)16(3)13-18/h6,8,10,12-13H,5,7,9,11,14H2,1-4H3. The molecule has 0 aliphatic rings. The Morgan fingerprint density at radius 3 is 2.53 bits per heavy atom. The van der Waals surface area contributed by atoms with Crippen molar-refractivity contribution in [2.24, 2.45) is 0 Å². The topological polar surface area (TPSA) is 40.5 Å². The maximum atomic E-state index is 12.1. The van der Waals surface area contributed by atoms with Crippen molar-refractivity contribution < 1.29 is 14.3 Å². The lowest BCUT2D eigenvalue weighted by Gasteiger charge is -2.10. The predicted octanol–water partition coefficient (Wildman–Crippen LogP) is 6.56. The first-order valence-electron chi connectivity index (χ1n) is 10.1. The molecule has 0 fully saturated rings. The molecule has 0 bridgehead atoms. The summed E-state index contributed by atoms with van der Waals surface area (Å²) < 4.78 is 14.2. The molecule has 3 rings (SSSR count). The third-order valence-electron chi connectivity index (χ3n) is 5.27. The largest absolute Gasteiger partial charge is 0.494 e. The molecule has 0 spiro atoms. The molecule has 1 aromatic heterocycles. The number of aromatic nitrogens is 1. The lowest BCUT2D eigenvalue weighted by molar-refractivity contribution is -0.143. The molecule has 4 nitrogen and oxygen atoms in total. The van der Waals surface area contributed by atoms with Crippen LogP contribution in [-0.4, -0.2) is 23.8 Å². The number of esters is 1. The number of hydrogen-bond acceptors (Lipinski definition) is 3. The van der Waals surface area contributed by atoms with Crippen LogP contribution in [0.15, 0.2) is 34.8 Å². The molecule has 30 heavy (non-hydrogen) atoms. The average Bonchev–Trinajstić information content (AvgIpc) is 2.96. The van der Waals surface area contributed by atoms with E-state index in [1.807, 2.05) is 49.6 Å². The van der Waals surface area contributed by atoms with Crippen LogP contribution >= 0.6 is 27.5 Å². The van der Waals surface area contributed by atoms with Crippen LogP contribution in [0.2, 0.25) is 5.02 Å². The summed E-state index contributed by atoms with van der Waals surface area (Å²) in [6, 6.07) is 10.1. The molecule has 0 amide bonds. The number of hydrogen-bond donors (Lipinski definition) is 0. The van der Waals surface area contributed by atoms with Crippen LogP contribution in [0.3, 0.4) is 0 Å². The number of nitrogens with zero attached hydrogens (tertiary/aromatic N) is 1. The highest BCUT2D eigenvalue weighted by atomic mass is 79.9. The number of halogens is 2. The maximum absolute atomic E-state index is 12.1. The average molecular weight is 493 g/mol. The maximum Gasteiger partial charge on any atom is 0.325 e. The lowest BCUT2D eigenvalue weighted by Crippen LogP contribution is -2.14. The van der Waals surface area contributed by atoms with Gasteiger partial charge in [-0.15, -0.1) is 0 Å². The second-order valence-electron chi connectivity index (χ2n) is 7.41. The molecule has 160 valence electrons. The first-order valence-corrected chi connectivity index (χ1v) is 11.3. The highest BCUT2D eigenvalue weighted by Gasteiger charge is 2.18. The molecule has 0 radical (unpaired) electrons. The van der Waals surface area contributed by atoms with E-state index in [9.17, 15) is 4.79 Å². The zero-order chi connectivity index (χ0) is 21.8. The number of benzene rings is 2. The van der Waals surface area contributed by atoms with Gasteiger partial charge in [0.1, 0.15) is 12.3 Å². The number of ether oxygens (including phenoxy) is 2. The van der Waals surface area contributed by atoms with Crippen molar-refractivity contribution in [2.75, 3.05) is 13.2 Å². The van der Waals surface area contributed by atoms with E-state index in [4.69, 9.17) is 21.1 Å². The Balaban J connectivity index is 1.77. The number of fused-ring (bicyclic) bond motifs is 1. The molecule has 3 aromatic rings. The summed E-state index contributed by atoms with van der Waals surface area (Å²) in [5, 5.41) is 1.95. The van der Waals surface area contributed by atoms with Gasteiger partial charge in [-0.3, -0.25) is 4.79 Å². The van der Waals surface area contributed by atoms with Gasteiger partial charge in [0.2, 0.25) is 0 Å². The Labute approximate surface area is 191 Å². The smallest absolute Gasteiger partial charge is 0.325 e. The predicted molar refractivity (Wildman–Crippen MR) is 126 cm³/mol. The third kappa shape index (κ3) is 4.84. The molecular formula is C24H27BrClNO3. The van der Waals surface area contributed by atoms with Crippen LogP contribution < -0.4 is 4.74 Å². The minimum Gasteiger partial charge on any atom is -0.494 e. The van der Waals surface area contributed by atoms with Crippen LogP contribution in [0.4, 0.5) is 0 Å². The normalized spacial score (nSPS) is 11.1. The van der Waals surface area contributed by atoms with Crippen molar-refractivity contribution >= 4 is 44.4 Å². The fourth-order valence-corrected chi connectivity index (χ4v) is 4.53. The van der Waals surface area contributed by atoms with Crippen molar-refractivity contribution in [1.29, 1.82) is 0 Å². The van der Waals surface area contributed by atoms with Gasteiger partial charge >= 0.3 is 5.97 Å². The monoisotopic (exact) mass is 491 g/mol.